The van der Waals surface area contributed by atoms with Crippen LogP contribution in [0.25, 0.3) is 0 Å². The van der Waals surface area contributed by atoms with Crippen LogP contribution < -0.4 is 0 Å². The van der Waals surface area contributed by atoms with E-state index in [9.17, 15) is 0 Å². The van der Waals surface area contributed by atoms with Crippen LogP contribution in [0.4, 0.5) is 0 Å². The van der Waals surface area contributed by atoms with Gasteiger partial charge in [-0.2, -0.15) is 0 Å². The number of aliphatic hydroxyl groups is 1. The van der Waals surface area contributed by atoms with Crippen molar-refractivity contribution in [1.82, 2.24) is 0 Å². The monoisotopic (exact) mass is 182 g/mol. The highest BCUT2D eigenvalue weighted by atomic mass is 16.2. The zero-order chi connectivity index (χ0) is 9.90. The minimum Gasteiger partial charge on any atom is -0.396 e. The Hall–Kier alpha value is -0.300. The third-order valence-electron chi connectivity index (χ3n) is 3.62. The molecule has 1 fully saturated rings. The van der Waals surface area contributed by atoms with Crippen molar-refractivity contribution < 1.29 is 5.11 Å². The van der Waals surface area contributed by atoms with E-state index in [0.717, 1.165) is 12.8 Å². The highest BCUT2D eigenvalue weighted by molar-refractivity contribution is 5.14. The summed E-state index contributed by atoms with van der Waals surface area (Å²) < 4.78 is 0. The molecule has 1 N–H and O–H groups in total. The first-order valence-electron chi connectivity index (χ1n) is 5.40. The largest absolute Gasteiger partial charge is 0.396 e. The summed E-state index contributed by atoms with van der Waals surface area (Å²) in [6, 6.07) is 0. The molecule has 0 heterocycles. The van der Waals surface area contributed by atoms with Crippen LogP contribution in [-0.2, 0) is 0 Å². The second-order valence-corrected chi connectivity index (χ2v) is 4.71. The fourth-order valence-corrected chi connectivity index (χ4v) is 2.48. The molecule has 2 atom stereocenters. The van der Waals surface area contributed by atoms with Gasteiger partial charge in [-0.3, -0.25) is 0 Å². The average Bonchev–Trinajstić information content (AvgIpc) is 2.11. The number of hydrogen-bond donors (Lipinski definition) is 1. The van der Waals surface area contributed by atoms with Crippen LogP contribution in [0.3, 0.4) is 0 Å². The van der Waals surface area contributed by atoms with E-state index in [1.807, 2.05) is 0 Å². The molecule has 1 aliphatic carbocycles. The second-order valence-electron chi connectivity index (χ2n) is 4.71. The van der Waals surface area contributed by atoms with Crippen LogP contribution >= 0.6 is 0 Å². The standard InChI is InChI=1S/C12H22O/c1-10-6-4-7-12(3,11(10)2)8-5-9-13/h10,13H,2,4-9H2,1,3H3/t10?,12-/m1/s1. The van der Waals surface area contributed by atoms with Crippen molar-refractivity contribution in [3.05, 3.63) is 12.2 Å². The molecule has 1 unspecified atom stereocenters. The molecular weight excluding hydrogens is 160 g/mol. The SMILES string of the molecule is C=C1C(C)CCC[C@]1(C)CCCO. The van der Waals surface area contributed by atoms with Crippen LogP contribution in [0, 0.1) is 11.3 Å². The van der Waals surface area contributed by atoms with Crippen molar-refractivity contribution in [2.45, 2.75) is 46.0 Å². The Bertz CT molecular complexity index is 186. The molecule has 0 spiro atoms. The summed E-state index contributed by atoms with van der Waals surface area (Å²) in [6.07, 6.45) is 5.90. The Labute approximate surface area is 81.9 Å². The first-order chi connectivity index (χ1) is 6.10. The molecule has 13 heavy (non-hydrogen) atoms. The van der Waals surface area contributed by atoms with Gasteiger partial charge in [-0.05, 0) is 37.0 Å². The van der Waals surface area contributed by atoms with Gasteiger partial charge in [0.15, 0.2) is 0 Å². The normalized spacial score (nSPS) is 35.0. The van der Waals surface area contributed by atoms with Crippen LogP contribution in [0.2, 0.25) is 0 Å². The second kappa shape index (κ2) is 4.28. The van der Waals surface area contributed by atoms with E-state index in [-0.39, 0.29) is 0 Å². The molecule has 0 aromatic carbocycles. The maximum absolute atomic E-state index is 8.83. The van der Waals surface area contributed by atoms with E-state index in [0.29, 0.717) is 17.9 Å². The molecule has 1 nitrogen and oxygen atoms in total. The maximum Gasteiger partial charge on any atom is 0.0431 e. The van der Waals surface area contributed by atoms with E-state index in [2.05, 4.69) is 20.4 Å². The topological polar surface area (TPSA) is 20.2 Å². The summed E-state index contributed by atoms with van der Waals surface area (Å²) in [5.41, 5.74) is 1.72. The van der Waals surface area contributed by atoms with Crippen molar-refractivity contribution in [3.8, 4) is 0 Å². The van der Waals surface area contributed by atoms with E-state index in [1.165, 1.54) is 24.8 Å². The summed E-state index contributed by atoms with van der Waals surface area (Å²) in [5, 5.41) is 8.83. The van der Waals surface area contributed by atoms with Crippen molar-refractivity contribution in [1.29, 1.82) is 0 Å². The zero-order valence-corrected chi connectivity index (χ0v) is 8.97. The van der Waals surface area contributed by atoms with Gasteiger partial charge in [0.05, 0.1) is 0 Å². The number of allylic oxidation sites excluding steroid dienone is 1. The third-order valence-corrected chi connectivity index (χ3v) is 3.62. The third kappa shape index (κ3) is 2.34. The van der Waals surface area contributed by atoms with Crippen molar-refractivity contribution in [2.75, 3.05) is 6.61 Å². The summed E-state index contributed by atoms with van der Waals surface area (Å²) in [6.45, 7) is 9.12. The first kappa shape index (κ1) is 10.8. The van der Waals surface area contributed by atoms with E-state index < -0.39 is 0 Å². The van der Waals surface area contributed by atoms with Crippen LogP contribution in [0.5, 0.6) is 0 Å². The Balaban J connectivity index is 2.58. The molecule has 0 radical (unpaired) electrons. The average molecular weight is 182 g/mol. The van der Waals surface area contributed by atoms with Gasteiger partial charge in [0.1, 0.15) is 0 Å². The fraction of sp³-hybridized carbons (Fsp3) is 0.833. The Morgan fingerprint density at radius 3 is 2.92 bits per heavy atom. The molecule has 0 aromatic heterocycles. The molecule has 0 saturated heterocycles. The summed E-state index contributed by atoms with van der Waals surface area (Å²) >= 11 is 0. The smallest absolute Gasteiger partial charge is 0.0431 e. The predicted molar refractivity (Wildman–Crippen MR) is 56.6 cm³/mol. The zero-order valence-electron chi connectivity index (χ0n) is 8.97. The quantitative estimate of drug-likeness (QED) is 0.665. The van der Waals surface area contributed by atoms with Crippen molar-refractivity contribution in [2.24, 2.45) is 11.3 Å². The van der Waals surface area contributed by atoms with E-state index >= 15 is 0 Å². The molecule has 1 rings (SSSR count). The van der Waals surface area contributed by atoms with Crippen LogP contribution in [0.15, 0.2) is 12.2 Å². The molecule has 1 heteroatoms. The lowest BCUT2D eigenvalue weighted by Crippen LogP contribution is -2.27. The maximum atomic E-state index is 8.83. The molecular formula is C12H22O. The lowest BCUT2D eigenvalue weighted by Gasteiger charge is -2.39. The van der Waals surface area contributed by atoms with Gasteiger partial charge < -0.3 is 5.11 Å². The van der Waals surface area contributed by atoms with Crippen molar-refractivity contribution in [3.63, 3.8) is 0 Å². The van der Waals surface area contributed by atoms with Crippen LogP contribution in [0.1, 0.15) is 46.0 Å². The Morgan fingerprint density at radius 1 is 1.62 bits per heavy atom. The molecule has 1 aliphatic rings. The van der Waals surface area contributed by atoms with Gasteiger partial charge in [0, 0.05) is 6.61 Å². The van der Waals surface area contributed by atoms with Gasteiger partial charge in [-0.25, -0.2) is 0 Å². The highest BCUT2D eigenvalue weighted by Crippen LogP contribution is 2.45. The van der Waals surface area contributed by atoms with Gasteiger partial charge in [-0.1, -0.05) is 32.4 Å². The molecule has 0 bridgehead atoms. The lowest BCUT2D eigenvalue weighted by atomic mass is 9.66. The number of rotatable bonds is 3. The van der Waals surface area contributed by atoms with Gasteiger partial charge in [-0.15, -0.1) is 0 Å². The molecule has 0 amide bonds. The van der Waals surface area contributed by atoms with Crippen LogP contribution in [-0.4, -0.2) is 11.7 Å². The van der Waals surface area contributed by atoms with E-state index in [4.69, 9.17) is 5.11 Å². The molecule has 0 aromatic rings. The highest BCUT2D eigenvalue weighted by Gasteiger charge is 2.33. The Morgan fingerprint density at radius 2 is 2.31 bits per heavy atom. The van der Waals surface area contributed by atoms with Gasteiger partial charge in [0.25, 0.3) is 0 Å². The molecule has 0 aliphatic heterocycles. The van der Waals surface area contributed by atoms with Crippen molar-refractivity contribution >= 4 is 0 Å². The predicted octanol–water partition coefficient (Wildman–Crippen LogP) is 3.14. The van der Waals surface area contributed by atoms with Gasteiger partial charge >= 0.3 is 0 Å². The minimum atomic E-state index is 0.306. The van der Waals surface area contributed by atoms with Gasteiger partial charge in [0.2, 0.25) is 0 Å². The van der Waals surface area contributed by atoms with E-state index in [1.54, 1.807) is 0 Å². The summed E-state index contributed by atoms with van der Waals surface area (Å²) in [4.78, 5) is 0. The minimum absolute atomic E-state index is 0.306. The molecule has 76 valence electrons. The summed E-state index contributed by atoms with van der Waals surface area (Å²) in [7, 11) is 0. The fourth-order valence-electron chi connectivity index (χ4n) is 2.48. The number of aliphatic hydroxyl groups excluding tert-OH is 1. The number of hydrogen-bond acceptors (Lipinski definition) is 1. The molecule has 1 saturated carbocycles. The first-order valence-corrected chi connectivity index (χ1v) is 5.40. The lowest BCUT2D eigenvalue weighted by molar-refractivity contribution is 0.208. The Kier molecular flexibility index (Phi) is 3.55. The summed E-state index contributed by atoms with van der Waals surface area (Å²) in [5.74, 6) is 0.678.